The number of benzene rings is 2. The van der Waals surface area contributed by atoms with Crippen molar-refractivity contribution in [2.75, 3.05) is 5.32 Å². The van der Waals surface area contributed by atoms with Crippen LogP contribution in [0.3, 0.4) is 0 Å². The largest absolute Gasteiger partial charge is 0.322 e. The molecular weight excluding hydrogens is 316 g/mol. The molecule has 4 heteroatoms. The van der Waals surface area contributed by atoms with Crippen LogP contribution in [-0.4, -0.2) is 5.91 Å². The van der Waals surface area contributed by atoms with Gasteiger partial charge in [0.25, 0.3) is 0 Å². The highest BCUT2D eigenvalue weighted by Gasteiger charge is 2.00. The fourth-order valence-electron chi connectivity index (χ4n) is 1.63. The highest BCUT2D eigenvalue weighted by molar-refractivity contribution is 9.10. The number of nitriles is 1. The number of rotatable bonds is 3. The zero-order valence-electron chi connectivity index (χ0n) is 10.5. The summed E-state index contributed by atoms with van der Waals surface area (Å²) in [7, 11) is 0. The van der Waals surface area contributed by atoms with Crippen molar-refractivity contribution in [3.63, 3.8) is 0 Å². The van der Waals surface area contributed by atoms with E-state index in [-0.39, 0.29) is 5.91 Å². The van der Waals surface area contributed by atoms with Gasteiger partial charge in [-0.3, -0.25) is 4.79 Å². The average molecular weight is 327 g/mol. The van der Waals surface area contributed by atoms with Crippen molar-refractivity contribution in [3.8, 4) is 6.07 Å². The Bertz CT molecular complexity index is 702. The first-order valence-corrected chi connectivity index (χ1v) is 6.72. The van der Waals surface area contributed by atoms with Crippen LogP contribution in [0.25, 0.3) is 6.08 Å². The lowest BCUT2D eigenvalue weighted by Crippen LogP contribution is -2.07. The Hall–Kier alpha value is -2.38. The van der Waals surface area contributed by atoms with E-state index in [2.05, 4.69) is 21.2 Å². The van der Waals surface area contributed by atoms with Crippen molar-refractivity contribution in [2.24, 2.45) is 0 Å². The van der Waals surface area contributed by atoms with Crippen LogP contribution < -0.4 is 5.32 Å². The molecule has 0 saturated carbocycles. The molecule has 0 heterocycles. The molecule has 1 N–H and O–H groups in total. The molecule has 3 nitrogen and oxygen atoms in total. The lowest BCUT2D eigenvalue weighted by atomic mass is 10.2. The van der Waals surface area contributed by atoms with Gasteiger partial charge in [-0.25, -0.2) is 0 Å². The van der Waals surface area contributed by atoms with E-state index in [9.17, 15) is 4.79 Å². The van der Waals surface area contributed by atoms with Crippen LogP contribution in [-0.2, 0) is 4.79 Å². The van der Waals surface area contributed by atoms with E-state index in [1.165, 1.54) is 6.08 Å². The standard InChI is InChI=1S/C16H11BrN2O/c17-15-7-2-1-5-13(15)8-9-16(20)19-14-6-3-4-12(10-14)11-18/h1-10H,(H,19,20)/b9-8+. The molecule has 0 fully saturated rings. The van der Waals surface area contributed by atoms with Crippen LogP contribution in [0, 0.1) is 11.3 Å². The number of carbonyl (C=O) groups excluding carboxylic acids is 1. The molecule has 2 aromatic carbocycles. The first-order chi connectivity index (χ1) is 9.69. The number of carbonyl (C=O) groups is 1. The summed E-state index contributed by atoms with van der Waals surface area (Å²) in [5.74, 6) is -0.240. The number of halogens is 1. The van der Waals surface area contributed by atoms with Gasteiger partial charge < -0.3 is 5.32 Å². The highest BCUT2D eigenvalue weighted by atomic mass is 79.9. The first kappa shape index (κ1) is 14.0. The maximum atomic E-state index is 11.8. The quantitative estimate of drug-likeness (QED) is 0.867. The van der Waals surface area contributed by atoms with Gasteiger partial charge >= 0.3 is 0 Å². The van der Waals surface area contributed by atoms with E-state index in [4.69, 9.17) is 5.26 Å². The molecule has 0 aliphatic heterocycles. The molecule has 2 rings (SSSR count). The van der Waals surface area contributed by atoms with Gasteiger partial charge in [0.15, 0.2) is 0 Å². The van der Waals surface area contributed by atoms with Gasteiger partial charge in [-0.15, -0.1) is 0 Å². The minimum Gasteiger partial charge on any atom is -0.322 e. The van der Waals surface area contributed by atoms with Crippen molar-refractivity contribution in [1.82, 2.24) is 0 Å². The monoisotopic (exact) mass is 326 g/mol. The fourth-order valence-corrected chi connectivity index (χ4v) is 2.04. The van der Waals surface area contributed by atoms with E-state index in [0.717, 1.165) is 10.0 Å². The third-order valence-corrected chi connectivity index (χ3v) is 3.30. The molecule has 0 bridgehead atoms. The van der Waals surface area contributed by atoms with Crippen molar-refractivity contribution >= 4 is 33.6 Å². The van der Waals surface area contributed by atoms with E-state index in [0.29, 0.717) is 11.3 Å². The molecular formula is C16H11BrN2O. The zero-order chi connectivity index (χ0) is 14.4. The van der Waals surface area contributed by atoms with Gasteiger partial charge in [-0.05, 0) is 35.9 Å². The first-order valence-electron chi connectivity index (χ1n) is 5.93. The Labute approximate surface area is 125 Å². The molecule has 20 heavy (non-hydrogen) atoms. The summed E-state index contributed by atoms with van der Waals surface area (Å²) in [5.41, 5.74) is 2.04. The third kappa shape index (κ3) is 3.81. The molecule has 0 unspecified atom stereocenters. The molecule has 0 saturated heterocycles. The number of nitrogens with one attached hydrogen (secondary N) is 1. The molecule has 0 aromatic heterocycles. The Kier molecular flexibility index (Phi) is 4.70. The van der Waals surface area contributed by atoms with Crippen LogP contribution in [0.2, 0.25) is 0 Å². The Balaban J connectivity index is 2.06. The third-order valence-electron chi connectivity index (χ3n) is 2.58. The van der Waals surface area contributed by atoms with E-state index in [1.807, 2.05) is 30.3 Å². The van der Waals surface area contributed by atoms with E-state index >= 15 is 0 Å². The van der Waals surface area contributed by atoms with Gasteiger partial charge in [-0.2, -0.15) is 5.26 Å². The van der Waals surface area contributed by atoms with Gasteiger partial charge in [0, 0.05) is 16.2 Å². The van der Waals surface area contributed by atoms with Crippen molar-refractivity contribution in [3.05, 3.63) is 70.2 Å². The summed E-state index contributed by atoms with van der Waals surface area (Å²) in [5, 5.41) is 11.5. The number of amides is 1. The topological polar surface area (TPSA) is 52.9 Å². The average Bonchev–Trinajstić information content (AvgIpc) is 2.46. The van der Waals surface area contributed by atoms with Crippen molar-refractivity contribution < 1.29 is 4.79 Å². The predicted octanol–water partition coefficient (Wildman–Crippen LogP) is 3.97. The second-order valence-electron chi connectivity index (χ2n) is 4.04. The number of nitrogens with zero attached hydrogens (tertiary/aromatic N) is 1. The molecule has 2 aromatic rings. The number of anilines is 1. The molecule has 0 atom stereocenters. The lowest BCUT2D eigenvalue weighted by Gasteiger charge is -2.02. The van der Waals surface area contributed by atoms with Gasteiger partial charge in [-0.1, -0.05) is 40.2 Å². The minimum absolute atomic E-state index is 0.240. The highest BCUT2D eigenvalue weighted by Crippen LogP contribution is 2.17. The van der Waals surface area contributed by atoms with Gasteiger partial charge in [0.05, 0.1) is 11.6 Å². The normalized spacial score (nSPS) is 10.2. The van der Waals surface area contributed by atoms with Crippen LogP contribution in [0.5, 0.6) is 0 Å². The van der Waals surface area contributed by atoms with Crippen LogP contribution >= 0.6 is 15.9 Å². The maximum Gasteiger partial charge on any atom is 0.248 e. The summed E-state index contributed by atoms with van der Waals surface area (Å²) in [6.07, 6.45) is 3.19. The van der Waals surface area contributed by atoms with Crippen LogP contribution in [0.1, 0.15) is 11.1 Å². The fraction of sp³-hybridized carbons (Fsp3) is 0. The molecule has 0 aliphatic rings. The Morgan fingerprint density at radius 3 is 2.75 bits per heavy atom. The van der Waals surface area contributed by atoms with Crippen LogP contribution in [0.15, 0.2) is 59.1 Å². The Morgan fingerprint density at radius 1 is 1.20 bits per heavy atom. The SMILES string of the molecule is N#Cc1cccc(NC(=O)/C=C/c2ccccc2Br)c1. The second-order valence-corrected chi connectivity index (χ2v) is 4.89. The van der Waals surface area contributed by atoms with Gasteiger partial charge in [0.1, 0.15) is 0 Å². The lowest BCUT2D eigenvalue weighted by molar-refractivity contribution is -0.111. The summed E-state index contributed by atoms with van der Waals surface area (Å²) in [6.45, 7) is 0. The maximum absolute atomic E-state index is 11.8. The summed E-state index contributed by atoms with van der Waals surface area (Å²) in [6, 6.07) is 16.4. The van der Waals surface area contributed by atoms with Crippen molar-refractivity contribution in [2.45, 2.75) is 0 Å². The molecule has 1 amide bonds. The number of hydrogen-bond acceptors (Lipinski definition) is 2. The molecule has 0 radical (unpaired) electrons. The second kappa shape index (κ2) is 6.69. The summed E-state index contributed by atoms with van der Waals surface area (Å²) in [4.78, 5) is 11.8. The molecule has 98 valence electrons. The van der Waals surface area contributed by atoms with E-state index in [1.54, 1.807) is 30.3 Å². The summed E-state index contributed by atoms with van der Waals surface area (Å²) >= 11 is 3.41. The minimum atomic E-state index is -0.240. The Morgan fingerprint density at radius 2 is 2.00 bits per heavy atom. The predicted molar refractivity (Wildman–Crippen MR) is 83.0 cm³/mol. The van der Waals surface area contributed by atoms with Crippen LogP contribution in [0.4, 0.5) is 5.69 Å². The smallest absolute Gasteiger partial charge is 0.248 e. The molecule has 0 spiro atoms. The zero-order valence-corrected chi connectivity index (χ0v) is 12.1. The van der Waals surface area contributed by atoms with Crippen molar-refractivity contribution in [1.29, 1.82) is 5.26 Å². The van der Waals surface area contributed by atoms with Gasteiger partial charge in [0.2, 0.25) is 5.91 Å². The number of hydrogen-bond donors (Lipinski definition) is 1. The molecule has 0 aliphatic carbocycles. The van der Waals surface area contributed by atoms with E-state index < -0.39 is 0 Å². The summed E-state index contributed by atoms with van der Waals surface area (Å²) < 4.78 is 0.926.